The smallest absolute Gasteiger partial charge is 0.136 e. The Kier molecular flexibility index (Phi) is 1.46. The highest BCUT2D eigenvalue weighted by atomic mass is 15.0. The van der Waals surface area contributed by atoms with E-state index in [0.29, 0.717) is 0 Å². The molecule has 0 aliphatic heterocycles. The minimum absolute atomic E-state index is 0.917. The first kappa shape index (κ1) is 6.53. The van der Waals surface area contributed by atoms with Gasteiger partial charge in [0.05, 0.1) is 0 Å². The van der Waals surface area contributed by atoms with Crippen LogP contribution in [-0.2, 0) is 0 Å². The maximum Gasteiger partial charge on any atom is 0.136 e. The van der Waals surface area contributed by atoms with Crippen molar-refractivity contribution in [2.45, 2.75) is 0 Å². The monoisotopic (exact) mass is 139 g/mol. The van der Waals surface area contributed by atoms with Gasteiger partial charge in [0.2, 0.25) is 0 Å². The Morgan fingerprint density at radius 1 is 1.45 bits per heavy atom. The number of imidazole rings is 1. The van der Waals surface area contributed by atoms with Crippen molar-refractivity contribution in [2.24, 2.45) is 0 Å². The Morgan fingerprint density at radius 2 is 2.36 bits per heavy atom. The van der Waals surface area contributed by atoms with E-state index < -0.39 is 0 Å². The first-order chi connectivity index (χ1) is 5.42. The van der Waals surface area contributed by atoms with Crippen molar-refractivity contribution in [3.8, 4) is 0 Å². The van der Waals surface area contributed by atoms with Gasteiger partial charge in [0, 0.05) is 20.1 Å². The molecular weight excluding hydrogens is 134 g/mol. The van der Waals surface area contributed by atoms with Gasteiger partial charge in [-0.25, -0.2) is 4.98 Å². The molecule has 49 valence electrons. The predicted molar refractivity (Wildman–Crippen MR) is 46.3 cm³/mol. The molecule has 0 saturated carbocycles. The van der Waals surface area contributed by atoms with Crippen LogP contribution < -0.4 is 5.59 Å². The van der Waals surface area contributed by atoms with Crippen LogP contribution in [0.4, 0.5) is 0 Å². The van der Waals surface area contributed by atoms with Gasteiger partial charge in [-0.15, -0.1) is 0 Å². The first-order valence-corrected chi connectivity index (χ1v) is 3.39. The van der Waals surface area contributed by atoms with Gasteiger partial charge in [0.25, 0.3) is 0 Å². The fourth-order valence-corrected chi connectivity index (χ4v) is 1.08. The lowest BCUT2D eigenvalue weighted by Crippen LogP contribution is -2.18. The van der Waals surface area contributed by atoms with Crippen LogP contribution in [0.5, 0.6) is 0 Å². The molecular formula is C7H5B2N2. The molecule has 2 aromatic heterocycles. The van der Waals surface area contributed by atoms with E-state index in [2.05, 4.69) is 4.98 Å². The van der Waals surface area contributed by atoms with Crippen molar-refractivity contribution in [2.75, 3.05) is 0 Å². The molecule has 0 amide bonds. The number of nitrogens with zero attached hydrogens (tertiary/aromatic N) is 2. The number of hydrogen-bond donors (Lipinski definition) is 0. The van der Waals surface area contributed by atoms with E-state index in [1.165, 1.54) is 0 Å². The molecule has 0 aliphatic carbocycles. The molecule has 0 saturated heterocycles. The van der Waals surface area contributed by atoms with Crippen molar-refractivity contribution < 1.29 is 0 Å². The largest absolute Gasteiger partial charge is 0.315 e. The second-order valence-electron chi connectivity index (χ2n) is 2.28. The van der Waals surface area contributed by atoms with Crippen LogP contribution in [0.2, 0.25) is 0 Å². The highest BCUT2D eigenvalue weighted by Gasteiger charge is 1.97. The van der Waals surface area contributed by atoms with Crippen LogP contribution in [0.3, 0.4) is 0 Å². The van der Waals surface area contributed by atoms with Gasteiger partial charge in [0.15, 0.2) is 0 Å². The van der Waals surface area contributed by atoms with Crippen LogP contribution in [0, 0.1) is 0 Å². The molecule has 0 N–H and O–H groups in total. The van der Waals surface area contributed by atoms with Crippen LogP contribution in [0.25, 0.3) is 5.65 Å². The minimum atomic E-state index is 0.917. The van der Waals surface area contributed by atoms with Crippen LogP contribution >= 0.6 is 0 Å². The highest BCUT2D eigenvalue weighted by molar-refractivity contribution is 6.97. The van der Waals surface area contributed by atoms with Gasteiger partial charge in [-0.05, 0) is 17.7 Å². The predicted octanol–water partition coefficient (Wildman–Crippen LogP) is -0.253. The molecule has 0 unspecified atom stereocenters. The Labute approximate surface area is 66.9 Å². The maximum atomic E-state index is 5.37. The summed E-state index contributed by atoms with van der Waals surface area (Å²) in [6.07, 6.45) is 3.68. The number of rotatable bonds is 1. The zero-order valence-corrected chi connectivity index (χ0v) is 5.94. The number of pyridine rings is 1. The minimum Gasteiger partial charge on any atom is -0.315 e. The van der Waals surface area contributed by atoms with Crippen molar-refractivity contribution in [1.29, 1.82) is 0 Å². The van der Waals surface area contributed by atoms with Gasteiger partial charge < -0.3 is 4.40 Å². The lowest BCUT2D eigenvalue weighted by molar-refractivity contribution is 1.22. The Bertz CT molecular complexity index is 369. The molecule has 11 heavy (non-hydrogen) atoms. The molecule has 0 bridgehead atoms. The Hall–Kier alpha value is -1.18. The summed E-state index contributed by atoms with van der Waals surface area (Å²) >= 11 is 0. The zero-order chi connectivity index (χ0) is 7.68. The number of hydrogen-bond acceptors (Lipinski definition) is 1. The summed E-state index contributed by atoms with van der Waals surface area (Å²) in [4.78, 5) is 4.14. The summed E-state index contributed by atoms with van der Waals surface area (Å²) in [6, 6.07) is 5.83. The van der Waals surface area contributed by atoms with E-state index >= 15 is 0 Å². The second kappa shape index (κ2) is 2.46. The molecule has 2 rings (SSSR count). The summed E-state index contributed by atoms with van der Waals surface area (Å²) in [5, 5.41) is 0. The van der Waals surface area contributed by atoms with Crippen molar-refractivity contribution in [3.63, 3.8) is 0 Å². The average Bonchev–Trinajstić information content (AvgIpc) is 2.47. The van der Waals surface area contributed by atoms with E-state index in [-0.39, 0.29) is 0 Å². The SMILES string of the molecule is [B][B]c1cnc2ccccn12. The molecule has 4 heteroatoms. The molecule has 0 fully saturated rings. The lowest BCUT2D eigenvalue weighted by atomic mass is 9.54. The fraction of sp³-hybridized carbons (Fsp3) is 0. The average molecular weight is 139 g/mol. The lowest BCUT2D eigenvalue weighted by Gasteiger charge is -1.95. The summed E-state index contributed by atoms with van der Waals surface area (Å²) in [6.45, 7) is 0. The molecule has 2 nitrogen and oxygen atoms in total. The third-order valence-electron chi connectivity index (χ3n) is 1.62. The molecule has 0 aromatic carbocycles. The van der Waals surface area contributed by atoms with Crippen LogP contribution in [0.1, 0.15) is 0 Å². The van der Waals surface area contributed by atoms with Crippen LogP contribution in [-0.4, -0.2) is 24.3 Å². The third-order valence-corrected chi connectivity index (χ3v) is 1.62. The summed E-state index contributed by atoms with van der Waals surface area (Å²) in [5.41, 5.74) is 1.84. The Balaban J connectivity index is 2.76. The van der Waals surface area contributed by atoms with Gasteiger partial charge in [-0.2, -0.15) is 0 Å². The van der Waals surface area contributed by atoms with E-state index in [9.17, 15) is 0 Å². The van der Waals surface area contributed by atoms with E-state index in [0.717, 1.165) is 11.2 Å². The molecule has 0 aliphatic rings. The van der Waals surface area contributed by atoms with Gasteiger partial charge in [-0.1, -0.05) is 6.07 Å². The summed E-state index contributed by atoms with van der Waals surface area (Å²) in [7, 11) is 6.92. The van der Waals surface area contributed by atoms with Gasteiger partial charge in [0.1, 0.15) is 12.8 Å². The molecule has 3 radical (unpaired) electrons. The molecule has 2 aromatic rings. The van der Waals surface area contributed by atoms with Gasteiger partial charge >= 0.3 is 0 Å². The topological polar surface area (TPSA) is 17.3 Å². The number of aromatic nitrogens is 2. The highest BCUT2D eigenvalue weighted by Crippen LogP contribution is 1.95. The quantitative estimate of drug-likeness (QED) is 0.497. The third kappa shape index (κ3) is 0.946. The normalized spacial score (nSPS) is 10.2. The molecule has 2 heterocycles. The summed E-state index contributed by atoms with van der Waals surface area (Å²) < 4.78 is 1.93. The Morgan fingerprint density at radius 3 is 3.18 bits per heavy atom. The molecule has 0 atom stereocenters. The maximum absolute atomic E-state index is 5.37. The fourth-order valence-electron chi connectivity index (χ4n) is 1.08. The first-order valence-electron chi connectivity index (χ1n) is 3.39. The summed E-state index contributed by atoms with van der Waals surface area (Å²) in [5.74, 6) is 0. The second-order valence-corrected chi connectivity index (χ2v) is 2.28. The van der Waals surface area contributed by atoms with E-state index in [4.69, 9.17) is 7.74 Å². The number of fused-ring (bicyclic) bond motifs is 1. The zero-order valence-electron chi connectivity index (χ0n) is 5.94. The van der Waals surface area contributed by atoms with Crippen molar-refractivity contribution in [3.05, 3.63) is 30.6 Å². The van der Waals surface area contributed by atoms with E-state index in [1.807, 2.05) is 28.8 Å². The standard InChI is InChI=1S/C7H5B2N2/c8-9-6-5-10-7-3-1-2-4-11(6)7/h1-5H. The van der Waals surface area contributed by atoms with Crippen molar-refractivity contribution >= 4 is 26.1 Å². The van der Waals surface area contributed by atoms with Crippen LogP contribution in [0.15, 0.2) is 30.6 Å². The van der Waals surface area contributed by atoms with Crippen molar-refractivity contribution in [1.82, 2.24) is 9.38 Å². The molecule has 0 spiro atoms. The van der Waals surface area contributed by atoms with E-state index in [1.54, 1.807) is 13.4 Å². The van der Waals surface area contributed by atoms with Gasteiger partial charge in [-0.3, -0.25) is 0 Å².